The Morgan fingerprint density at radius 1 is 1.53 bits per heavy atom. The van der Waals surface area contributed by atoms with Gasteiger partial charge in [0.05, 0.1) is 22.9 Å². The summed E-state index contributed by atoms with van der Waals surface area (Å²) in [5.41, 5.74) is 0.789. The van der Waals surface area contributed by atoms with E-state index in [1.807, 2.05) is 14.0 Å². The van der Waals surface area contributed by atoms with Gasteiger partial charge >= 0.3 is 0 Å². The zero-order valence-corrected chi connectivity index (χ0v) is 9.19. The highest BCUT2D eigenvalue weighted by Crippen LogP contribution is 2.26. The number of aromatic nitrogens is 4. The summed E-state index contributed by atoms with van der Waals surface area (Å²) in [4.78, 5) is 8.28. The first kappa shape index (κ1) is 9.93. The van der Waals surface area contributed by atoms with Gasteiger partial charge in [-0.3, -0.25) is 4.68 Å². The molecule has 2 aromatic rings. The summed E-state index contributed by atoms with van der Waals surface area (Å²) in [5.74, 6) is 0. The topological polar surface area (TPSA) is 67.4 Å². The third kappa shape index (κ3) is 1.78. The van der Waals surface area contributed by atoms with E-state index < -0.39 is 0 Å². The normalized spacial score (nSPS) is 12.6. The summed E-state index contributed by atoms with van der Waals surface area (Å²) in [6, 6.07) is 2.16. The van der Waals surface area contributed by atoms with Crippen molar-refractivity contribution < 1.29 is 0 Å². The molecule has 2 aromatic heterocycles. The molecule has 0 fully saturated rings. The number of nitriles is 1. The molecule has 0 amide bonds. The van der Waals surface area contributed by atoms with Crippen molar-refractivity contribution in [3.8, 4) is 6.07 Å². The molecule has 0 N–H and O–H groups in total. The lowest BCUT2D eigenvalue weighted by molar-refractivity contribution is 0.784. The summed E-state index contributed by atoms with van der Waals surface area (Å²) in [5, 5.41) is 14.4. The minimum Gasteiger partial charge on any atom is -0.250 e. The number of aryl methyl sites for hydroxylation is 1. The highest BCUT2D eigenvalue weighted by molar-refractivity contribution is 8.00. The molecule has 0 saturated carbocycles. The van der Waals surface area contributed by atoms with Crippen LogP contribution in [-0.4, -0.2) is 25.0 Å². The molecule has 2 rings (SSSR count). The van der Waals surface area contributed by atoms with Crippen molar-refractivity contribution in [2.75, 3.05) is 0 Å². The summed E-state index contributed by atoms with van der Waals surface area (Å²) in [6.07, 6.45) is 3.22. The highest BCUT2D eigenvalue weighted by Gasteiger charge is 2.11. The molecule has 76 valence electrons. The van der Waals surface area contributed by atoms with E-state index in [9.17, 15) is 0 Å². The minimum atomic E-state index is -0.122. The van der Waals surface area contributed by atoms with Crippen LogP contribution in [0.4, 0.5) is 0 Å². The average Bonchev–Trinajstić information content (AvgIpc) is 2.62. The van der Waals surface area contributed by atoms with Gasteiger partial charge in [-0.25, -0.2) is 9.97 Å². The Labute approximate surface area is 91.1 Å². The maximum atomic E-state index is 8.74. The van der Waals surface area contributed by atoms with Crippen molar-refractivity contribution in [2.24, 2.45) is 7.05 Å². The lowest BCUT2D eigenvalue weighted by atomic mass is 10.4. The van der Waals surface area contributed by atoms with Gasteiger partial charge < -0.3 is 0 Å². The Morgan fingerprint density at radius 2 is 2.33 bits per heavy atom. The van der Waals surface area contributed by atoms with E-state index in [1.54, 1.807) is 10.9 Å². The van der Waals surface area contributed by atoms with Crippen LogP contribution < -0.4 is 0 Å². The summed E-state index contributed by atoms with van der Waals surface area (Å²) >= 11 is 1.42. The molecule has 0 aliphatic heterocycles. The van der Waals surface area contributed by atoms with Crippen LogP contribution in [0.15, 0.2) is 17.6 Å². The first-order valence-electron chi connectivity index (χ1n) is 4.41. The number of thioether (sulfide) groups is 1. The van der Waals surface area contributed by atoms with Crippen LogP contribution in [0.1, 0.15) is 6.92 Å². The Hall–Kier alpha value is -1.61. The van der Waals surface area contributed by atoms with E-state index >= 15 is 0 Å². The smallest absolute Gasteiger partial charge is 0.162 e. The molecule has 0 aliphatic rings. The van der Waals surface area contributed by atoms with Crippen molar-refractivity contribution in [2.45, 2.75) is 17.2 Å². The average molecular weight is 219 g/mol. The number of rotatable bonds is 2. The zero-order valence-electron chi connectivity index (χ0n) is 8.38. The van der Waals surface area contributed by atoms with Crippen molar-refractivity contribution in [3.63, 3.8) is 0 Å². The first-order valence-corrected chi connectivity index (χ1v) is 5.29. The maximum Gasteiger partial charge on any atom is 0.162 e. The second-order valence-electron chi connectivity index (χ2n) is 3.07. The molecule has 0 aromatic carbocycles. The fourth-order valence-corrected chi connectivity index (χ4v) is 1.99. The van der Waals surface area contributed by atoms with Crippen LogP contribution in [-0.2, 0) is 7.05 Å². The first-order chi connectivity index (χ1) is 7.22. The van der Waals surface area contributed by atoms with Crippen LogP contribution in [0.2, 0.25) is 0 Å². The molecular weight excluding hydrogens is 210 g/mol. The van der Waals surface area contributed by atoms with Crippen LogP contribution in [0.5, 0.6) is 0 Å². The Bertz CT molecular complexity index is 527. The number of hydrogen-bond acceptors (Lipinski definition) is 5. The van der Waals surface area contributed by atoms with Gasteiger partial charge in [0, 0.05) is 7.05 Å². The third-order valence-electron chi connectivity index (χ3n) is 1.96. The van der Waals surface area contributed by atoms with Crippen LogP contribution >= 0.6 is 11.8 Å². The molecule has 0 spiro atoms. The van der Waals surface area contributed by atoms with Crippen molar-refractivity contribution in [1.82, 2.24) is 19.7 Å². The molecule has 5 nitrogen and oxygen atoms in total. The molecule has 2 heterocycles. The fraction of sp³-hybridized carbons (Fsp3) is 0.333. The SMILES string of the molecule is CC(C#N)Sc1ncnc2c1cnn2C. The van der Waals surface area contributed by atoms with Gasteiger partial charge in [-0.15, -0.1) is 0 Å². The Kier molecular flexibility index (Phi) is 2.56. The molecule has 0 radical (unpaired) electrons. The van der Waals surface area contributed by atoms with Crippen molar-refractivity contribution >= 4 is 22.8 Å². The molecule has 0 bridgehead atoms. The van der Waals surface area contributed by atoms with Crippen molar-refractivity contribution in [1.29, 1.82) is 5.26 Å². The molecule has 6 heteroatoms. The Morgan fingerprint density at radius 3 is 3.07 bits per heavy atom. The fourth-order valence-electron chi connectivity index (χ4n) is 1.23. The van der Waals surface area contributed by atoms with Gasteiger partial charge in [0.2, 0.25) is 0 Å². The molecule has 15 heavy (non-hydrogen) atoms. The third-order valence-corrected chi connectivity index (χ3v) is 2.97. The quantitative estimate of drug-likeness (QED) is 0.563. The predicted octanol–water partition coefficient (Wildman–Crippen LogP) is 1.37. The van der Waals surface area contributed by atoms with Crippen LogP contribution in [0, 0.1) is 11.3 Å². The number of fused-ring (bicyclic) bond motifs is 1. The van der Waals surface area contributed by atoms with E-state index in [0.717, 1.165) is 16.1 Å². The lowest BCUT2D eigenvalue weighted by Gasteiger charge is -2.02. The minimum absolute atomic E-state index is 0.122. The monoisotopic (exact) mass is 219 g/mol. The molecule has 0 aliphatic carbocycles. The van der Waals surface area contributed by atoms with E-state index in [-0.39, 0.29) is 5.25 Å². The van der Waals surface area contributed by atoms with E-state index in [0.29, 0.717) is 0 Å². The largest absolute Gasteiger partial charge is 0.250 e. The van der Waals surface area contributed by atoms with Gasteiger partial charge in [-0.05, 0) is 6.92 Å². The summed E-state index contributed by atoms with van der Waals surface area (Å²) in [6.45, 7) is 1.84. The zero-order chi connectivity index (χ0) is 10.8. The van der Waals surface area contributed by atoms with Gasteiger partial charge in [0.1, 0.15) is 11.4 Å². The summed E-state index contributed by atoms with van der Waals surface area (Å²) in [7, 11) is 1.83. The lowest BCUT2D eigenvalue weighted by Crippen LogP contribution is -1.95. The Balaban J connectivity index is 2.48. The highest BCUT2D eigenvalue weighted by atomic mass is 32.2. The molecule has 0 saturated heterocycles. The molecular formula is C9H9N5S. The van der Waals surface area contributed by atoms with Crippen LogP contribution in [0.3, 0.4) is 0 Å². The van der Waals surface area contributed by atoms with Crippen LogP contribution in [0.25, 0.3) is 11.0 Å². The van der Waals surface area contributed by atoms with E-state index in [1.165, 1.54) is 18.1 Å². The number of hydrogen-bond donors (Lipinski definition) is 0. The number of nitrogens with zero attached hydrogens (tertiary/aromatic N) is 5. The van der Waals surface area contributed by atoms with Crippen molar-refractivity contribution in [3.05, 3.63) is 12.5 Å². The second kappa shape index (κ2) is 3.87. The second-order valence-corrected chi connectivity index (χ2v) is 4.40. The van der Waals surface area contributed by atoms with E-state index in [2.05, 4.69) is 21.1 Å². The summed E-state index contributed by atoms with van der Waals surface area (Å²) < 4.78 is 1.69. The maximum absolute atomic E-state index is 8.74. The van der Waals surface area contributed by atoms with Gasteiger partial charge in [0.15, 0.2) is 5.65 Å². The standard InChI is InChI=1S/C9H9N5S/c1-6(3-10)15-9-7-4-13-14(2)8(7)11-5-12-9/h4-6H,1-2H3. The van der Waals surface area contributed by atoms with E-state index in [4.69, 9.17) is 5.26 Å². The van der Waals surface area contributed by atoms with Gasteiger partial charge in [0.25, 0.3) is 0 Å². The molecule has 1 unspecified atom stereocenters. The predicted molar refractivity (Wildman–Crippen MR) is 57.2 cm³/mol. The van der Waals surface area contributed by atoms with Gasteiger partial charge in [-0.1, -0.05) is 11.8 Å². The van der Waals surface area contributed by atoms with Gasteiger partial charge in [-0.2, -0.15) is 10.4 Å². The molecule has 1 atom stereocenters.